The van der Waals surface area contributed by atoms with Crippen molar-refractivity contribution in [1.82, 2.24) is 4.31 Å². The minimum atomic E-state index is -3.34. The molecule has 1 fully saturated rings. The highest BCUT2D eigenvalue weighted by Gasteiger charge is 2.29. The lowest BCUT2D eigenvalue weighted by atomic mass is 9.97. The van der Waals surface area contributed by atoms with E-state index in [1.54, 1.807) is 16.4 Å². The van der Waals surface area contributed by atoms with Gasteiger partial charge in [-0.05, 0) is 49.4 Å². The van der Waals surface area contributed by atoms with Crippen molar-refractivity contribution >= 4 is 15.7 Å². The third-order valence-corrected chi connectivity index (χ3v) is 6.01. The number of nitrogens with one attached hydrogen (secondary N) is 1. The smallest absolute Gasteiger partial charge is 0.243 e. The van der Waals surface area contributed by atoms with Gasteiger partial charge in [0.1, 0.15) is 0 Å². The monoisotopic (exact) mass is 310 g/mol. The van der Waals surface area contributed by atoms with Gasteiger partial charge in [-0.3, -0.25) is 0 Å². The van der Waals surface area contributed by atoms with Gasteiger partial charge in [0.25, 0.3) is 0 Å². The summed E-state index contributed by atoms with van der Waals surface area (Å²) >= 11 is 0. The van der Waals surface area contributed by atoms with Crippen molar-refractivity contribution in [3.8, 4) is 0 Å². The van der Waals surface area contributed by atoms with Crippen LogP contribution in [-0.4, -0.2) is 32.4 Å². The maximum atomic E-state index is 12.7. The molecule has 2 rings (SSSR count). The van der Waals surface area contributed by atoms with Gasteiger partial charge in [0.15, 0.2) is 0 Å². The van der Waals surface area contributed by atoms with Gasteiger partial charge in [0, 0.05) is 25.3 Å². The number of nitrogens with zero attached hydrogens (tertiary/aromatic N) is 1. The van der Waals surface area contributed by atoms with E-state index in [-0.39, 0.29) is 0 Å². The molecule has 0 aromatic heterocycles. The van der Waals surface area contributed by atoms with Crippen molar-refractivity contribution in [3.05, 3.63) is 24.3 Å². The SMILES string of the molecule is CCCNc1ccc(S(=O)(=O)N2CCCC(CC)C2)cc1. The summed E-state index contributed by atoms with van der Waals surface area (Å²) in [5.74, 6) is 0.499. The summed E-state index contributed by atoms with van der Waals surface area (Å²) in [6, 6.07) is 7.12. The van der Waals surface area contributed by atoms with Crippen LogP contribution < -0.4 is 5.32 Å². The summed E-state index contributed by atoms with van der Waals surface area (Å²) in [7, 11) is -3.34. The summed E-state index contributed by atoms with van der Waals surface area (Å²) in [5, 5.41) is 3.26. The fraction of sp³-hybridized carbons (Fsp3) is 0.625. The molecule has 1 unspecified atom stereocenters. The number of anilines is 1. The predicted octanol–water partition coefficient (Wildman–Crippen LogP) is 3.32. The second-order valence-electron chi connectivity index (χ2n) is 5.73. The molecule has 1 N–H and O–H groups in total. The molecule has 1 heterocycles. The fourth-order valence-corrected chi connectivity index (χ4v) is 4.30. The number of rotatable bonds is 6. The molecule has 0 bridgehead atoms. The summed E-state index contributed by atoms with van der Waals surface area (Å²) in [6.07, 6.45) is 4.20. The van der Waals surface area contributed by atoms with Crippen molar-refractivity contribution in [2.24, 2.45) is 5.92 Å². The van der Waals surface area contributed by atoms with Gasteiger partial charge in [-0.25, -0.2) is 8.42 Å². The van der Waals surface area contributed by atoms with Crippen LogP contribution in [0.4, 0.5) is 5.69 Å². The van der Waals surface area contributed by atoms with Crippen LogP contribution in [0.2, 0.25) is 0 Å². The van der Waals surface area contributed by atoms with E-state index in [0.29, 0.717) is 23.9 Å². The molecule has 0 radical (unpaired) electrons. The number of sulfonamides is 1. The minimum absolute atomic E-state index is 0.404. The number of piperidine rings is 1. The van der Waals surface area contributed by atoms with E-state index in [4.69, 9.17) is 0 Å². The normalized spacial score (nSPS) is 20.4. The average Bonchev–Trinajstić information content (AvgIpc) is 2.53. The van der Waals surface area contributed by atoms with Gasteiger partial charge in [-0.1, -0.05) is 20.3 Å². The predicted molar refractivity (Wildman–Crippen MR) is 87.0 cm³/mol. The average molecular weight is 310 g/mol. The van der Waals surface area contributed by atoms with E-state index < -0.39 is 10.0 Å². The molecule has 1 aromatic carbocycles. The molecule has 21 heavy (non-hydrogen) atoms. The van der Waals surface area contributed by atoms with Crippen molar-refractivity contribution in [2.75, 3.05) is 25.0 Å². The molecule has 0 saturated carbocycles. The molecule has 4 nitrogen and oxygen atoms in total. The maximum Gasteiger partial charge on any atom is 0.243 e. The Labute approximate surface area is 128 Å². The first kappa shape index (κ1) is 16.3. The summed E-state index contributed by atoms with van der Waals surface area (Å²) in [6.45, 7) is 6.45. The molecular weight excluding hydrogens is 284 g/mol. The van der Waals surface area contributed by atoms with E-state index in [1.165, 1.54) is 0 Å². The zero-order chi connectivity index (χ0) is 15.3. The van der Waals surface area contributed by atoms with E-state index in [2.05, 4.69) is 19.2 Å². The highest BCUT2D eigenvalue weighted by Crippen LogP contribution is 2.25. The first-order valence-corrected chi connectivity index (χ1v) is 9.36. The zero-order valence-corrected chi connectivity index (χ0v) is 13.8. The van der Waals surface area contributed by atoms with E-state index in [9.17, 15) is 8.42 Å². The van der Waals surface area contributed by atoms with Gasteiger partial charge in [-0.15, -0.1) is 0 Å². The Morgan fingerprint density at radius 2 is 1.95 bits per heavy atom. The molecule has 1 aromatic rings. The Kier molecular flexibility index (Phi) is 5.65. The zero-order valence-electron chi connectivity index (χ0n) is 13.0. The summed E-state index contributed by atoms with van der Waals surface area (Å²) < 4.78 is 27.0. The number of hydrogen-bond donors (Lipinski definition) is 1. The van der Waals surface area contributed by atoms with Crippen LogP contribution in [0.3, 0.4) is 0 Å². The Balaban J connectivity index is 2.11. The quantitative estimate of drug-likeness (QED) is 0.877. The molecule has 118 valence electrons. The first-order valence-electron chi connectivity index (χ1n) is 7.92. The van der Waals surface area contributed by atoms with Crippen LogP contribution in [0.25, 0.3) is 0 Å². The van der Waals surface area contributed by atoms with Crippen LogP contribution in [0.15, 0.2) is 29.2 Å². The molecular formula is C16H26N2O2S. The van der Waals surface area contributed by atoms with Crippen LogP contribution in [0.5, 0.6) is 0 Å². The van der Waals surface area contributed by atoms with Crippen LogP contribution in [0.1, 0.15) is 39.5 Å². The molecule has 5 heteroatoms. The molecule has 0 spiro atoms. The van der Waals surface area contributed by atoms with Crippen LogP contribution >= 0.6 is 0 Å². The van der Waals surface area contributed by atoms with Crippen LogP contribution in [-0.2, 0) is 10.0 Å². The van der Waals surface area contributed by atoms with Gasteiger partial charge < -0.3 is 5.32 Å². The van der Waals surface area contributed by atoms with Gasteiger partial charge in [0.2, 0.25) is 10.0 Å². The summed E-state index contributed by atoms with van der Waals surface area (Å²) in [4.78, 5) is 0.404. The third kappa shape index (κ3) is 3.98. The number of hydrogen-bond acceptors (Lipinski definition) is 3. The summed E-state index contributed by atoms with van der Waals surface area (Å²) in [5.41, 5.74) is 0.973. The van der Waals surface area contributed by atoms with Crippen molar-refractivity contribution in [3.63, 3.8) is 0 Å². The largest absolute Gasteiger partial charge is 0.385 e. The van der Waals surface area contributed by atoms with Crippen molar-refractivity contribution in [2.45, 2.75) is 44.4 Å². The second kappa shape index (κ2) is 7.27. The lowest BCUT2D eigenvalue weighted by Crippen LogP contribution is -2.39. The van der Waals surface area contributed by atoms with E-state index in [0.717, 1.165) is 37.9 Å². The van der Waals surface area contributed by atoms with Crippen molar-refractivity contribution in [1.29, 1.82) is 0 Å². The molecule has 0 amide bonds. The van der Waals surface area contributed by atoms with E-state index in [1.807, 2.05) is 12.1 Å². The Morgan fingerprint density at radius 3 is 2.57 bits per heavy atom. The maximum absolute atomic E-state index is 12.7. The minimum Gasteiger partial charge on any atom is -0.385 e. The third-order valence-electron chi connectivity index (χ3n) is 4.13. The second-order valence-corrected chi connectivity index (χ2v) is 7.67. The highest BCUT2D eigenvalue weighted by atomic mass is 32.2. The molecule has 1 aliphatic rings. The number of benzene rings is 1. The molecule has 0 aliphatic carbocycles. The van der Waals surface area contributed by atoms with Gasteiger partial charge >= 0.3 is 0 Å². The standard InChI is InChI=1S/C16H26N2O2S/c1-3-11-17-15-7-9-16(10-8-15)21(19,20)18-12-5-6-14(4-2)13-18/h7-10,14,17H,3-6,11-13H2,1-2H3. The molecule has 1 aliphatic heterocycles. The first-order chi connectivity index (χ1) is 10.1. The van der Waals surface area contributed by atoms with Crippen molar-refractivity contribution < 1.29 is 8.42 Å². The Morgan fingerprint density at radius 1 is 1.24 bits per heavy atom. The molecule has 1 saturated heterocycles. The lowest BCUT2D eigenvalue weighted by molar-refractivity contribution is 0.261. The van der Waals surface area contributed by atoms with Gasteiger partial charge in [-0.2, -0.15) is 4.31 Å². The Hall–Kier alpha value is -1.07. The highest BCUT2D eigenvalue weighted by molar-refractivity contribution is 7.89. The van der Waals surface area contributed by atoms with E-state index >= 15 is 0 Å². The van der Waals surface area contributed by atoms with Gasteiger partial charge in [0.05, 0.1) is 4.90 Å². The fourth-order valence-electron chi connectivity index (χ4n) is 2.74. The lowest BCUT2D eigenvalue weighted by Gasteiger charge is -2.31. The Bertz CT molecular complexity index is 540. The molecule has 1 atom stereocenters. The topological polar surface area (TPSA) is 49.4 Å². The van der Waals surface area contributed by atoms with Crippen LogP contribution in [0, 0.1) is 5.92 Å².